The fraction of sp³-hybridized carbons (Fsp3) is 0.667. The van der Waals surface area contributed by atoms with Crippen LogP contribution in [0.4, 0.5) is 14.9 Å². The van der Waals surface area contributed by atoms with Gasteiger partial charge in [-0.3, -0.25) is 19.5 Å². The molecule has 11 rings (SSSR count). The number of aliphatic hydroxyl groups excluding tert-OH is 8. The molecule has 7 saturated heterocycles. The Bertz CT molecular complexity index is 2740. The molecule has 1 unspecified atom stereocenters. The lowest BCUT2D eigenvalue weighted by Crippen LogP contribution is -2.70. The van der Waals surface area contributed by atoms with Crippen molar-refractivity contribution in [2.75, 3.05) is 82.2 Å². The zero-order valence-corrected chi connectivity index (χ0v) is 48.6. The minimum absolute atomic E-state index is 0.0101. The van der Waals surface area contributed by atoms with Crippen molar-refractivity contribution >= 4 is 51.1 Å². The van der Waals surface area contributed by atoms with Crippen molar-refractivity contribution in [2.45, 2.75) is 149 Å². The number of aromatic amines is 1. The number of nitrogens with zero attached hydrogens (tertiary/aromatic N) is 3. The number of anilines is 1. The summed E-state index contributed by atoms with van der Waals surface area (Å²) in [6.45, 7) is 1.08. The van der Waals surface area contributed by atoms with E-state index in [9.17, 15) is 69.5 Å². The van der Waals surface area contributed by atoms with Crippen molar-refractivity contribution in [3.63, 3.8) is 0 Å². The van der Waals surface area contributed by atoms with Gasteiger partial charge in [0.1, 0.15) is 79.4 Å². The highest BCUT2D eigenvalue weighted by Crippen LogP contribution is 2.41. The molecule has 2 aromatic carbocycles. The Morgan fingerprint density at radius 3 is 2.33 bits per heavy atom. The van der Waals surface area contributed by atoms with Crippen molar-refractivity contribution in [2.24, 2.45) is 0 Å². The maximum absolute atomic E-state index is 14.7. The number of amides is 4. The number of carbonyl (C=O) groups is 4. The van der Waals surface area contributed by atoms with E-state index in [1.807, 2.05) is 42.5 Å². The molecule has 32 heteroatoms. The van der Waals surface area contributed by atoms with E-state index in [1.165, 1.54) is 21.6 Å². The first-order valence-corrected chi connectivity index (χ1v) is 30.8. The van der Waals surface area contributed by atoms with Gasteiger partial charge in [-0.1, -0.05) is 69.3 Å². The molecule has 8 aliphatic rings. The van der Waals surface area contributed by atoms with Crippen LogP contribution < -0.4 is 26.2 Å². The number of para-hydroxylation sites is 1. The summed E-state index contributed by atoms with van der Waals surface area (Å²) in [6.07, 6.45) is -24.6. The van der Waals surface area contributed by atoms with Gasteiger partial charge in [-0.25, -0.2) is 9.18 Å². The number of alkyl halides is 1. The Labute approximate surface area is 503 Å². The molecule has 0 radical (unpaired) electrons. The molecule has 9 heterocycles. The van der Waals surface area contributed by atoms with Gasteiger partial charge in [-0.2, -0.15) is 0 Å². The molecule has 17 atom stereocenters. The molecule has 4 amide bonds. The third-order valence-electron chi connectivity index (χ3n) is 15.0. The number of aliphatic hydroxyl groups is 9. The minimum Gasteiger partial charge on any atom is -0.449 e. The Hall–Kier alpha value is -4.79. The van der Waals surface area contributed by atoms with Crippen LogP contribution in [0.1, 0.15) is 44.6 Å². The normalized spacial score (nSPS) is 30.9. The molecule has 478 valence electrons. The standard InChI is InChI=1S/C54H77FN8O21S2/c1-54(76)50(55)42(70)40(49(84-54)41(69)32(65)27-64)59-53(75)80-22-24-86-85-23-14-36(67)58-25-34-48-44(72)45(73)51(82-34)79-19-6-18-78-47-33(81-52(83-48)46(74)43(47)71)13-15-56-16-20-77-21-17-57-35(66)11-12-37(68)63-26-28-7-2-3-8-29(28)38-39(61-62-60-38)30-9-4-5-10-31(30)63/h2-5,7-10,32-34,40-52,56,64-65,69-74,76H,6,11-27H2,1H3,(H,57,66)(H,58,67)(H,59,75)(H,60,61,62)/t32-,33-,34-,40-,41-,42-,43-,44-,45-,46-,47-,48-,49-,50-,51-,52+,54?/m1/s1/i/hT. The lowest BCUT2D eigenvalue weighted by Gasteiger charge is -2.47. The second kappa shape index (κ2) is 32.1. The molecule has 4 bridgehead atoms. The molecule has 0 saturated carbocycles. The largest absolute Gasteiger partial charge is 0.449 e. The fourth-order valence-electron chi connectivity index (χ4n) is 10.4. The van der Waals surface area contributed by atoms with Gasteiger partial charge >= 0.3 is 6.09 Å². The van der Waals surface area contributed by atoms with E-state index < -0.39 is 122 Å². The summed E-state index contributed by atoms with van der Waals surface area (Å²) >= 11 is 0. The summed E-state index contributed by atoms with van der Waals surface area (Å²) in [7, 11) is 2.48. The number of ether oxygens (including phenoxy) is 8. The number of aromatic nitrogens is 3. The number of hydrogen-bond acceptors (Lipinski definition) is 26. The Balaban J connectivity index is 0.730. The Kier molecular flexibility index (Phi) is 24.5. The SMILES string of the molecule is [3H]n1nnc2c1-c1ccccc1CN(C(=O)CCC(=O)NCCOCCNCC[C@H]1O[C@H]3O[C@H]4[C@H](O)[C@@H](O)[C@H](OCCCO[C@H]1[C@H](O)[C@H]3O)O[C@@H]4CNC(=O)CCSSCCOC(=O)N[C@@H]1[C@@H](O)[C@@H](F)C(C)(O)O[C@H]1[C@H](O)[C@H](O)CO)c1ccccc1-2. The second-order valence-electron chi connectivity index (χ2n) is 21.1. The zero-order valence-electron chi connectivity index (χ0n) is 48.0. The van der Waals surface area contributed by atoms with Gasteiger partial charge in [0, 0.05) is 68.1 Å². The van der Waals surface area contributed by atoms with E-state index in [0.29, 0.717) is 35.7 Å². The Morgan fingerprint density at radius 1 is 0.826 bits per heavy atom. The minimum atomic E-state index is -2.60. The molecule has 8 aliphatic heterocycles. The highest BCUT2D eigenvalue weighted by molar-refractivity contribution is 8.76. The summed E-state index contributed by atoms with van der Waals surface area (Å²) < 4.78 is 69.1. The number of fused-ring (bicyclic) bond motifs is 5. The summed E-state index contributed by atoms with van der Waals surface area (Å²) in [5.41, 5.74) is 3.76. The zero-order chi connectivity index (χ0) is 62.4. The van der Waals surface area contributed by atoms with Gasteiger partial charge in [-0.05, 0) is 37.9 Å². The van der Waals surface area contributed by atoms with E-state index in [2.05, 4.69) is 31.6 Å². The molecule has 1 aromatic heterocycles. The van der Waals surface area contributed by atoms with Crippen LogP contribution in [0.2, 0.25) is 1.41 Å². The molecular formula is C54H77FN8O21S2. The number of hydrogen-bond donors (Lipinski definition) is 14. The summed E-state index contributed by atoms with van der Waals surface area (Å²) in [5, 5.41) is 115. The van der Waals surface area contributed by atoms with Crippen LogP contribution in [0.25, 0.3) is 22.5 Å². The molecule has 0 spiro atoms. The summed E-state index contributed by atoms with van der Waals surface area (Å²) in [4.78, 5) is 53.9. The molecule has 0 aliphatic carbocycles. The summed E-state index contributed by atoms with van der Waals surface area (Å²) in [5.74, 6) is -3.16. The number of benzene rings is 2. The molecule has 29 nitrogen and oxygen atoms in total. The van der Waals surface area contributed by atoms with E-state index in [4.69, 9.17) is 39.3 Å². The van der Waals surface area contributed by atoms with Crippen molar-refractivity contribution in [1.82, 2.24) is 36.7 Å². The van der Waals surface area contributed by atoms with Crippen LogP contribution in [0, 0.1) is 0 Å². The van der Waals surface area contributed by atoms with Crippen molar-refractivity contribution in [3.05, 3.63) is 54.1 Å². The van der Waals surface area contributed by atoms with Gasteiger partial charge in [0.15, 0.2) is 26.0 Å². The fourth-order valence-corrected chi connectivity index (χ4v) is 12.2. The van der Waals surface area contributed by atoms with Crippen molar-refractivity contribution in [1.29, 1.82) is 0 Å². The third kappa shape index (κ3) is 17.1. The van der Waals surface area contributed by atoms with Gasteiger partial charge in [-0.15, -0.1) is 5.10 Å². The van der Waals surface area contributed by atoms with Gasteiger partial charge in [0.25, 0.3) is 0 Å². The average molecular weight is 1260 g/mol. The highest BCUT2D eigenvalue weighted by Gasteiger charge is 2.56. The van der Waals surface area contributed by atoms with Crippen LogP contribution in [0.15, 0.2) is 48.5 Å². The monoisotopic (exact) mass is 1260 g/mol. The van der Waals surface area contributed by atoms with E-state index in [0.717, 1.165) is 23.1 Å². The first kappa shape index (κ1) is 65.7. The van der Waals surface area contributed by atoms with Crippen LogP contribution in [0.5, 0.6) is 0 Å². The second-order valence-corrected chi connectivity index (χ2v) is 23.8. The maximum atomic E-state index is 14.7. The van der Waals surface area contributed by atoms with Gasteiger partial charge < -0.3 is 110 Å². The Morgan fingerprint density at radius 2 is 1.52 bits per heavy atom. The number of H-pyrrole nitrogens is 1. The average Bonchev–Trinajstić information content (AvgIpc) is 1.86. The quantitative estimate of drug-likeness (QED) is 0.0307. The highest BCUT2D eigenvalue weighted by atomic mass is 33.1. The first-order valence-electron chi connectivity index (χ1n) is 28.8. The first-order chi connectivity index (χ1) is 41.8. The molecule has 7 fully saturated rings. The van der Waals surface area contributed by atoms with Crippen molar-refractivity contribution in [3.8, 4) is 22.5 Å². The lowest BCUT2D eigenvalue weighted by molar-refractivity contribution is -0.360. The lowest BCUT2D eigenvalue weighted by atomic mass is 9.88. The maximum Gasteiger partial charge on any atom is 0.407 e. The molecule has 86 heavy (non-hydrogen) atoms. The van der Waals surface area contributed by atoms with Crippen molar-refractivity contribution < 1.29 is 109 Å². The smallest absolute Gasteiger partial charge is 0.407 e. The predicted molar refractivity (Wildman–Crippen MR) is 302 cm³/mol. The number of halogens is 1. The number of carbonyl (C=O) groups excluding carboxylic acids is 4. The van der Waals surface area contributed by atoms with E-state index >= 15 is 0 Å². The third-order valence-corrected chi connectivity index (χ3v) is 17.4. The van der Waals surface area contributed by atoms with Crippen LogP contribution >= 0.6 is 21.6 Å². The molecule has 3 aromatic rings. The molecule has 14 N–H and O–H groups in total. The van der Waals surface area contributed by atoms with Crippen LogP contribution in [-0.2, 0) is 58.8 Å². The van der Waals surface area contributed by atoms with E-state index in [-0.39, 0.29) is 108 Å². The van der Waals surface area contributed by atoms with Crippen LogP contribution in [-0.4, -0.2) is 266 Å². The summed E-state index contributed by atoms with van der Waals surface area (Å²) in [6, 6.07) is 13.0. The topological polar surface area (TPSA) is 417 Å². The number of alkyl carbamates (subject to hydrolysis) is 1. The number of rotatable bonds is 25. The number of nitrogens with one attached hydrogen (secondary N) is 5. The van der Waals surface area contributed by atoms with Crippen LogP contribution in [0.3, 0.4) is 0 Å². The molecular weight excluding hydrogens is 1180 g/mol. The predicted octanol–water partition coefficient (Wildman–Crippen LogP) is -2.53. The van der Waals surface area contributed by atoms with Gasteiger partial charge in [0.2, 0.25) is 17.7 Å². The van der Waals surface area contributed by atoms with E-state index in [1.54, 1.807) is 11.0 Å². The van der Waals surface area contributed by atoms with Gasteiger partial charge in [0.05, 0.1) is 56.5 Å².